The number of halogens is 2. The number of piperazine rings is 1. The fourth-order valence-corrected chi connectivity index (χ4v) is 5.22. The summed E-state index contributed by atoms with van der Waals surface area (Å²) in [5, 5.41) is 0. The van der Waals surface area contributed by atoms with Gasteiger partial charge >= 0.3 is 0 Å². The largest absolute Gasteiger partial charge is 0.300 e. The van der Waals surface area contributed by atoms with Gasteiger partial charge in [-0.05, 0) is 59.4 Å². The average molecular weight is 419 g/mol. The van der Waals surface area contributed by atoms with Crippen molar-refractivity contribution in [3.8, 4) is 0 Å². The van der Waals surface area contributed by atoms with E-state index in [0.29, 0.717) is 0 Å². The Morgan fingerprint density at radius 2 is 1.45 bits per heavy atom. The molecule has 5 rings (SSSR count). The van der Waals surface area contributed by atoms with Gasteiger partial charge in [0.25, 0.3) is 0 Å². The van der Waals surface area contributed by atoms with Gasteiger partial charge in [0.15, 0.2) is 0 Å². The molecule has 1 heterocycles. The van der Waals surface area contributed by atoms with E-state index in [4.69, 9.17) is 0 Å². The Bertz CT molecular complexity index is 1010. The minimum Gasteiger partial charge on any atom is -0.300 e. The normalized spacial score (nSPS) is 21.9. The lowest BCUT2D eigenvalue weighted by molar-refractivity contribution is 0.0954. The minimum absolute atomic E-state index is 0.176. The molecule has 4 heteroatoms. The number of hydrogen-bond acceptors (Lipinski definition) is 2. The van der Waals surface area contributed by atoms with Crippen LogP contribution in [0.25, 0.3) is 0 Å². The monoisotopic (exact) mass is 418 g/mol. The van der Waals surface area contributed by atoms with E-state index in [1.54, 1.807) is 12.1 Å². The molecule has 1 aliphatic heterocycles. The molecule has 0 amide bonds. The van der Waals surface area contributed by atoms with Crippen molar-refractivity contribution in [1.82, 2.24) is 9.80 Å². The van der Waals surface area contributed by atoms with Crippen LogP contribution in [0.5, 0.6) is 0 Å². The van der Waals surface area contributed by atoms with Crippen LogP contribution < -0.4 is 0 Å². The molecule has 31 heavy (non-hydrogen) atoms. The number of nitrogens with zero attached hydrogens (tertiary/aromatic N) is 2. The standard InChI is InChI=1S/C27H28F2N2/c28-22-8-6-21(7-9-22)25-19-27(26-18-23(29)10-11-24(25)26)31-16-14-30(15-17-31)13-12-20-4-2-1-3-5-20/h1-11,18,25,27H,12-17,19H2/t25-,27+/m1/s1. The van der Waals surface area contributed by atoms with Gasteiger partial charge in [-0.25, -0.2) is 8.78 Å². The molecule has 1 fully saturated rings. The molecule has 0 bridgehead atoms. The van der Waals surface area contributed by atoms with Crippen molar-refractivity contribution in [1.29, 1.82) is 0 Å². The van der Waals surface area contributed by atoms with E-state index < -0.39 is 0 Å². The lowest BCUT2D eigenvalue weighted by Gasteiger charge is -2.38. The van der Waals surface area contributed by atoms with E-state index in [0.717, 1.165) is 56.7 Å². The molecule has 0 aromatic heterocycles. The van der Waals surface area contributed by atoms with Gasteiger partial charge in [-0.3, -0.25) is 4.90 Å². The fourth-order valence-electron chi connectivity index (χ4n) is 5.22. The van der Waals surface area contributed by atoms with Gasteiger partial charge < -0.3 is 4.90 Å². The zero-order valence-corrected chi connectivity index (χ0v) is 17.7. The summed E-state index contributed by atoms with van der Waals surface area (Å²) < 4.78 is 27.6. The zero-order chi connectivity index (χ0) is 21.2. The Hall–Kier alpha value is -2.56. The molecular formula is C27H28F2N2. The number of fused-ring (bicyclic) bond motifs is 1. The van der Waals surface area contributed by atoms with Crippen molar-refractivity contribution in [3.63, 3.8) is 0 Å². The number of benzene rings is 3. The SMILES string of the molecule is Fc1ccc([C@H]2C[C@H](N3CCN(CCc4ccccc4)CC3)c3cc(F)ccc32)cc1. The Balaban J connectivity index is 1.27. The molecule has 1 aliphatic carbocycles. The van der Waals surface area contributed by atoms with Crippen LogP contribution in [0.4, 0.5) is 8.78 Å². The van der Waals surface area contributed by atoms with Crippen LogP contribution in [-0.4, -0.2) is 42.5 Å². The van der Waals surface area contributed by atoms with Crippen molar-refractivity contribution in [3.05, 3.63) is 107 Å². The second kappa shape index (κ2) is 8.89. The van der Waals surface area contributed by atoms with E-state index in [1.165, 1.54) is 23.3 Å². The predicted octanol–water partition coefficient (Wildman–Crippen LogP) is 5.40. The molecule has 0 radical (unpaired) electrons. The molecule has 2 aliphatic rings. The topological polar surface area (TPSA) is 6.48 Å². The van der Waals surface area contributed by atoms with E-state index in [-0.39, 0.29) is 23.6 Å². The van der Waals surface area contributed by atoms with Gasteiger partial charge in [-0.15, -0.1) is 0 Å². The molecular weight excluding hydrogens is 390 g/mol. The van der Waals surface area contributed by atoms with E-state index >= 15 is 0 Å². The third-order valence-electron chi connectivity index (χ3n) is 6.92. The first-order valence-corrected chi connectivity index (χ1v) is 11.2. The molecule has 1 saturated heterocycles. The second-order valence-corrected chi connectivity index (χ2v) is 8.74. The minimum atomic E-state index is -0.218. The zero-order valence-electron chi connectivity index (χ0n) is 17.7. The van der Waals surface area contributed by atoms with Crippen molar-refractivity contribution < 1.29 is 8.78 Å². The highest BCUT2D eigenvalue weighted by atomic mass is 19.1. The third kappa shape index (κ3) is 4.41. The van der Waals surface area contributed by atoms with Crippen molar-refractivity contribution >= 4 is 0 Å². The summed E-state index contributed by atoms with van der Waals surface area (Å²) in [5.74, 6) is -0.202. The van der Waals surface area contributed by atoms with Crippen LogP contribution in [0.1, 0.15) is 40.6 Å². The highest BCUT2D eigenvalue weighted by Gasteiger charge is 2.36. The summed E-state index contributed by atoms with van der Waals surface area (Å²) in [6.45, 7) is 5.13. The van der Waals surface area contributed by atoms with Crippen LogP contribution in [0.15, 0.2) is 72.8 Å². The number of rotatable bonds is 5. The van der Waals surface area contributed by atoms with Crippen LogP contribution >= 0.6 is 0 Å². The Labute approximate surface area is 183 Å². The molecule has 2 nitrogen and oxygen atoms in total. The predicted molar refractivity (Wildman–Crippen MR) is 120 cm³/mol. The first-order chi connectivity index (χ1) is 15.2. The summed E-state index contributed by atoms with van der Waals surface area (Å²) in [6.07, 6.45) is 2.00. The lowest BCUT2D eigenvalue weighted by Crippen LogP contribution is -2.47. The van der Waals surface area contributed by atoms with E-state index in [9.17, 15) is 8.78 Å². The maximum absolute atomic E-state index is 14.1. The Morgan fingerprint density at radius 3 is 2.19 bits per heavy atom. The smallest absolute Gasteiger partial charge is 0.123 e. The van der Waals surface area contributed by atoms with Gasteiger partial charge in [-0.2, -0.15) is 0 Å². The van der Waals surface area contributed by atoms with Crippen LogP contribution in [0, 0.1) is 11.6 Å². The molecule has 0 saturated carbocycles. The highest BCUT2D eigenvalue weighted by molar-refractivity contribution is 5.45. The molecule has 160 valence electrons. The van der Waals surface area contributed by atoms with Gasteiger partial charge in [0.2, 0.25) is 0 Å². The number of hydrogen-bond donors (Lipinski definition) is 0. The Kier molecular flexibility index (Phi) is 5.84. The maximum Gasteiger partial charge on any atom is 0.123 e. The van der Waals surface area contributed by atoms with Gasteiger partial charge in [0.05, 0.1) is 0 Å². The lowest BCUT2D eigenvalue weighted by atomic mass is 9.93. The summed E-state index contributed by atoms with van der Waals surface area (Å²) >= 11 is 0. The van der Waals surface area contributed by atoms with Crippen LogP contribution in [0.2, 0.25) is 0 Å². The quantitative estimate of drug-likeness (QED) is 0.547. The average Bonchev–Trinajstić information content (AvgIpc) is 3.18. The highest BCUT2D eigenvalue weighted by Crippen LogP contribution is 2.47. The molecule has 3 aromatic carbocycles. The Morgan fingerprint density at radius 1 is 0.742 bits per heavy atom. The van der Waals surface area contributed by atoms with Gasteiger partial charge in [0.1, 0.15) is 11.6 Å². The molecule has 0 N–H and O–H groups in total. The van der Waals surface area contributed by atoms with E-state index in [2.05, 4.69) is 40.1 Å². The maximum atomic E-state index is 14.1. The van der Waals surface area contributed by atoms with Gasteiger partial charge in [0, 0.05) is 44.7 Å². The summed E-state index contributed by atoms with van der Waals surface area (Å²) in [4.78, 5) is 5.04. The first-order valence-electron chi connectivity index (χ1n) is 11.2. The van der Waals surface area contributed by atoms with Crippen molar-refractivity contribution in [2.45, 2.75) is 24.8 Å². The summed E-state index contributed by atoms with van der Waals surface area (Å²) in [6, 6.07) is 22.8. The summed E-state index contributed by atoms with van der Waals surface area (Å²) in [5.41, 5.74) is 4.78. The first kappa shape index (κ1) is 20.3. The van der Waals surface area contributed by atoms with Gasteiger partial charge in [-0.1, -0.05) is 48.5 Å². The second-order valence-electron chi connectivity index (χ2n) is 8.74. The van der Waals surface area contributed by atoms with Crippen molar-refractivity contribution in [2.24, 2.45) is 0 Å². The van der Waals surface area contributed by atoms with Crippen LogP contribution in [0.3, 0.4) is 0 Å². The van der Waals surface area contributed by atoms with E-state index in [1.807, 2.05) is 18.2 Å². The molecule has 0 spiro atoms. The molecule has 2 atom stereocenters. The van der Waals surface area contributed by atoms with Crippen molar-refractivity contribution in [2.75, 3.05) is 32.7 Å². The third-order valence-corrected chi connectivity index (χ3v) is 6.92. The molecule has 0 unspecified atom stereocenters. The van der Waals surface area contributed by atoms with Crippen LogP contribution in [-0.2, 0) is 6.42 Å². The molecule has 3 aromatic rings. The fraction of sp³-hybridized carbons (Fsp3) is 0.333. The summed E-state index contributed by atoms with van der Waals surface area (Å²) in [7, 11) is 0.